The summed E-state index contributed by atoms with van der Waals surface area (Å²) in [4.78, 5) is 15.3. The second-order valence-electron chi connectivity index (χ2n) is 14.8. The third-order valence-electron chi connectivity index (χ3n) is 11.8. The van der Waals surface area contributed by atoms with Gasteiger partial charge in [-0.05, 0) is 97.6 Å². The Labute approximate surface area is 281 Å². The van der Waals surface area contributed by atoms with Gasteiger partial charge in [0.25, 0.3) is 0 Å². The summed E-state index contributed by atoms with van der Waals surface area (Å²) in [7, 11) is 0. The molecule has 49 heavy (non-hydrogen) atoms. The van der Waals surface area contributed by atoms with Crippen LogP contribution in [0.1, 0.15) is 44.1 Å². The molecule has 4 aliphatic carbocycles. The zero-order valence-electron chi connectivity index (χ0n) is 26.8. The van der Waals surface area contributed by atoms with Crippen molar-refractivity contribution in [2.45, 2.75) is 43.9 Å². The summed E-state index contributed by atoms with van der Waals surface area (Å²) in [6.07, 6.45) is 8.26. The molecule has 4 fully saturated rings. The number of halogens is 1. The largest absolute Gasteiger partial charge is 0.455 e. The molecule has 3 heterocycles. The molecule has 0 spiro atoms. The van der Waals surface area contributed by atoms with Gasteiger partial charge in [0.2, 0.25) is 0 Å². The van der Waals surface area contributed by atoms with E-state index in [1.165, 1.54) is 56.2 Å². The van der Waals surface area contributed by atoms with Gasteiger partial charge in [-0.25, -0.2) is 19.3 Å². The van der Waals surface area contributed by atoms with Gasteiger partial charge in [0.1, 0.15) is 28.1 Å². The van der Waals surface area contributed by atoms with Crippen LogP contribution in [0.2, 0.25) is 0 Å². The second kappa shape index (κ2) is 10.1. The number of benzene rings is 5. The number of nitrogens with zero attached hydrogens (tertiary/aromatic N) is 3. The van der Waals surface area contributed by atoms with Crippen LogP contribution in [0.3, 0.4) is 0 Å². The zero-order valence-corrected chi connectivity index (χ0v) is 26.8. The van der Waals surface area contributed by atoms with Gasteiger partial charge in [0, 0.05) is 33.2 Å². The smallest absolute Gasteiger partial charge is 0.167 e. The van der Waals surface area contributed by atoms with Crippen molar-refractivity contribution >= 4 is 43.9 Å². The first-order valence-corrected chi connectivity index (χ1v) is 17.5. The Hall–Kier alpha value is -5.36. The van der Waals surface area contributed by atoms with Crippen LogP contribution >= 0.6 is 0 Å². The second-order valence-corrected chi connectivity index (χ2v) is 14.8. The molecule has 0 atom stereocenters. The molecule has 4 saturated carbocycles. The lowest BCUT2D eigenvalue weighted by Gasteiger charge is -2.57. The molecule has 0 radical (unpaired) electrons. The van der Waals surface area contributed by atoms with Crippen LogP contribution in [-0.4, -0.2) is 15.0 Å². The van der Waals surface area contributed by atoms with E-state index in [0.717, 1.165) is 67.2 Å². The Morgan fingerprint density at radius 1 is 0.531 bits per heavy atom. The van der Waals surface area contributed by atoms with E-state index >= 15 is 0 Å². The van der Waals surface area contributed by atoms with Crippen LogP contribution in [0.4, 0.5) is 4.39 Å². The number of hydrogen-bond acceptors (Lipinski definition) is 5. The topological polar surface area (TPSA) is 65.0 Å². The highest BCUT2D eigenvalue weighted by molar-refractivity contribution is 6.10. The molecule has 0 saturated heterocycles. The monoisotopic (exact) mass is 641 g/mol. The summed E-state index contributed by atoms with van der Waals surface area (Å²) in [6.45, 7) is 0. The first kappa shape index (κ1) is 27.6. The highest BCUT2D eigenvalue weighted by Gasteiger charge is 2.51. The molecule has 5 aromatic carbocycles. The highest BCUT2D eigenvalue weighted by atomic mass is 19.1. The minimum Gasteiger partial charge on any atom is -0.455 e. The number of fused-ring (bicyclic) bond motifs is 6. The van der Waals surface area contributed by atoms with E-state index in [1.807, 2.05) is 48.5 Å². The molecule has 0 N–H and O–H groups in total. The van der Waals surface area contributed by atoms with Gasteiger partial charge >= 0.3 is 0 Å². The van der Waals surface area contributed by atoms with Crippen LogP contribution in [0.5, 0.6) is 0 Å². The third-order valence-corrected chi connectivity index (χ3v) is 11.8. The molecule has 4 bridgehead atoms. The normalized spacial score (nSPS) is 23.0. The fourth-order valence-electron chi connectivity index (χ4n) is 10.1. The molecule has 238 valence electrons. The van der Waals surface area contributed by atoms with Crippen molar-refractivity contribution in [2.75, 3.05) is 0 Å². The van der Waals surface area contributed by atoms with Crippen LogP contribution < -0.4 is 0 Å². The van der Waals surface area contributed by atoms with Gasteiger partial charge in [-0.2, -0.15) is 0 Å². The zero-order chi connectivity index (χ0) is 32.3. The lowest BCUT2D eigenvalue weighted by Crippen LogP contribution is -2.48. The molecule has 0 unspecified atom stereocenters. The van der Waals surface area contributed by atoms with E-state index < -0.39 is 0 Å². The van der Waals surface area contributed by atoms with Gasteiger partial charge in [-0.1, -0.05) is 66.7 Å². The van der Waals surface area contributed by atoms with Gasteiger partial charge in [0.15, 0.2) is 17.5 Å². The predicted octanol–water partition coefficient (Wildman–Crippen LogP) is 11.3. The highest BCUT2D eigenvalue weighted by Crippen LogP contribution is 2.60. The average Bonchev–Trinajstić information content (AvgIpc) is 3.69. The van der Waals surface area contributed by atoms with E-state index in [9.17, 15) is 4.39 Å². The lowest BCUT2D eigenvalue weighted by atomic mass is 9.48. The molecule has 0 aliphatic heterocycles. The first-order chi connectivity index (χ1) is 24.1. The summed E-state index contributed by atoms with van der Waals surface area (Å²) in [5.74, 6) is 3.92. The molecule has 6 heteroatoms. The molecular formula is C43H32FN3O2. The molecule has 3 aromatic heterocycles. The van der Waals surface area contributed by atoms with Crippen molar-refractivity contribution in [3.8, 4) is 34.2 Å². The summed E-state index contributed by atoms with van der Waals surface area (Å²) in [5, 5.41) is 3.79. The van der Waals surface area contributed by atoms with Crippen molar-refractivity contribution in [1.29, 1.82) is 0 Å². The van der Waals surface area contributed by atoms with Crippen molar-refractivity contribution in [1.82, 2.24) is 15.0 Å². The number of rotatable bonds is 4. The Balaban J connectivity index is 1.10. The van der Waals surface area contributed by atoms with E-state index in [-0.39, 0.29) is 5.82 Å². The molecular weight excluding hydrogens is 609 g/mol. The Bertz CT molecular complexity index is 2580. The van der Waals surface area contributed by atoms with Crippen molar-refractivity contribution in [3.63, 3.8) is 0 Å². The maximum atomic E-state index is 14.2. The fourth-order valence-corrected chi connectivity index (χ4v) is 10.1. The minimum atomic E-state index is -0.339. The van der Waals surface area contributed by atoms with E-state index in [4.69, 9.17) is 23.8 Å². The van der Waals surface area contributed by atoms with E-state index in [1.54, 1.807) is 6.07 Å². The molecule has 5 nitrogen and oxygen atoms in total. The van der Waals surface area contributed by atoms with Crippen LogP contribution in [0.15, 0.2) is 112 Å². The summed E-state index contributed by atoms with van der Waals surface area (Å²) in [5.41, 5.74) is 6.90. The maximum Gasteiger partial charge on any atom is 0.167 e. The van der Waals surface area contributed by atoms with Crippen LogP contribution in [-0.2, 0) is 5.41 Å². The fraction of sp³-hybridized carbons (Fsp3) is 0.233. The van der Waals surface area contributed by atoms with Gasteiger partial charge in [0.05, 0.1) is 11.1 Å². The van der Waals surface area contributed by atoms with E-state index in [2.05, 4.69) is 36.4 Å². The SMILES string of the molecule is Fc1ccc2c(c1)oc1c(-c3nc(-c4ccc(C56CC7CC(CC(C7)C5)C6)cc4)nc(-c4cccc5c4oc4ccccc45)n3)cccc12. The van der Waals surface area contributed by atoms with E-state index in [0.29, 0.717) is 34.1 Å². The van der Waals surface area contributed by atoms with Crippen LogP contribution in [0, 0.1) is 23.6 Å². The maximum absolute atomic E-state index is 14.2. The molecule has 0 amide bonds. The first-order valence-electron chi connectivity index (χ1n) is 17.5. The Kier molecular flexibility index (Phi) is 5.67. The van der Waals surface area contributed by atoms with Crippen molar-refractivity contribution < 1.29 is 13.2 Å². The molecule has 12 rings (SSSR count). The summed E-state index contributed by atoms with van der Waals surface area (Å²) < 4.78 is 26.9. The van der Waals surface area contributed by atoms with Crippen molar-refractivity contribution in [3.05, 3.63) is 115 Å². The number of furan rings is 2. The Morgan fingerprint density at radius 2 is 1.08 bits per heavy atom. The summed E-state index contributed by atoms with van der Waals surface area (Å²) >= 11 is 0. The number of para-hydroxylation sites is 3. The molecule has 4 aliphatic rings. The van der Waals surface area contributed by atoms with Crippen molar-refractivity contribution in [2.24, 2.45) is 17.8 Å². The molecule has 8 aromatic rings. The quantitative estimate of drug-likeness (QED) is 0.191. The van der Waals surface area contributed by atoms with Crippen LogP contribution in [0.25, 0.3) is 78.0 Å². The lowest BCUT2D eigenvalue weighted by molar-refractivity contribution is -0.00518. The average molecular weight is 642 g/mol. The summed E-state index contributed by atoms with van der Waals surface area (Å²) in [6, 6.07) is 33.8. The predicted molar refractivity (Wildman–Crippen MR) is 190 cm³/mol. The number of aromatic nitrogens is 3. The van der Waals surface area contributed by atoms with Gasteiger partial charge < -0.3 is 8.83 Å². The van der Waals surface area contributed by atoms with Gasteiger partial charge in [-0.3, -0.25) is 0 Å². The van der Waals surface area contributed by atoms with Gasteiger partial charge in [-0.15, -0.1) is 0 Å². The third kappa shape index (κ3) is 4.19. The standard InChI is InChI=1S/C43H32FN3O2/c44-29-15-16-31-33-7-4-9-35(39(33)49-37(31)20-29)42-46-40(27-11-13-28(14-12-27)43-21-24-17-25(22-43)19-26(18-24)23-43)45-41(47-42)34-8-3-6-32-30-5-1-2-10-36(30)48-38(32)34/h1-16,20,24-26H,17-19,21-23H2. The number of hydrogen-bond donors (Lipinski definition) is 0. The minimum absolute atomic E-state index is 0.316. The Morgan fingerprint density at radius 3 is 1.73 bits per heavy atom.